The third kappa shape index (κ3) is 3.81. The van der Waals surface area contributed by atoms with Crippen LogP contribution in [0.5, 0.6) is 0 Å². The molecule has 0 aliphatic heterocycles. The van der Waals surface area contributed by atoms with Crippen LogP contribution in [0.3, 0.4) is 0 Å². The van der Waals surface area contributed by atoms with Crippen molar-refractivity contribution in [3.63, 3.8) is 0 Å². The molecule has 0 radical (unpaired) electrons. The molecule has 114 valence electrons. The van der Waals surface area contributed by atoms with Gasteiger partial charge in [-0.15, -0.1) is 5.10 Å². The monoisotopic (exact) mass is 297 g/mol. The number of nitrogens with zero attached hydrogens (tertiary/aromatic N) is 2. The van der Waals surface area contributed by atoms with Gasteiger partial charge in [-0.3, -0.25) is 10.1 Å². The summed E-state index contributed by atoms with van der Waals surface area (Å²) in [5.41, 5.74) is 0.964. The number of benzene rings is 1. The first-order valence-electron chi connectivity index (χ1n) is 7.69. The van der Waals surface area contributed by atoms with E-state index in [1.807, 2.05) is 30.3 Å². The van der Waals surface area contributed by atoms with Gasteiger partial charge in [-0.2, -0.15) is 0 Å². The summed E-state index contributed by atoms with van der Waals surface area (Å²) in [5, 5.41) is 10.6. The predicted molar refractivity (Wildman–Crippen MR) is 84.2 cm³/mol. The third-order valence-corrected chi connectivity index (χ3v) is 3.85. The van der Waals surface area contributed by atoms with Gasteiger partial charge in [-0.1, -0.05) is 54.7 Å². The Bertz CT molecular complexity index is 643. The highest BCUT2D eigenvalue weighted by Crippen LogP contribution is 2.32. The largest absolute Gasteiger partial charge is 0.408 e. The van der Waals surface area contributed by atoms with Crippen LogP contribution in [0, 0.1) is 0 Å². The molecular weight excluding hydrogens is 278 g/mol. The molecule has 2 aromatic rings. The predicted octanol–water partition coefficient (Wildman–Crippen LogP) is 3.77. The van der Waals surface area contributed by atoms with Crippen LogP contribution in [0.25, 0.3) is 6.08 Å². The van der Waals surface area contributed by atoms with Crippen molar-refractivity contribution in [2.75, 3.05) is 5.32 Å². The van der Waals surface area contributed by atoms with Crippen molar-refractivity contribution in [3.8, 4) is 0 Å². The van der Waals surface area contributed by atoms with E-state index in [1.54, 1.807) is 6.08 Å². The highest BCUT2D eigenvalue weighted by Gasteiger charge is 2.21. The molecule has 1 aromatic carbocycles. The number of nitrogens with one attached hydrogen (secondary N) is 1. The second-order valence-corrected chi connectivity index (χ2v) is 5.51. The number of amides is 1. The quantitative estimate of drug-likeness (QED) is 0.872. The Hall–Kier alpha value is -2.43. The standard InChI is InChI=1S/C17H19N3O2/c21-15(12-11-13-7-3-1-4-8-13)18-17-20-19-16(22-17)14-9-5-2-6-10-14/h1,3-4,7-8,11-12,14H,2,5-6,9-10H2,(H,18,20,21)/b12-11+. The normalized spacial score (nSPS) is 16.0. The van der Waals surface area contributed by atoms with Gasteiger partial charge < -0.3 is 4.42 Å². The minimum atomic E-state index is -0.275. The molecular formula is C17H19N3O2. The van der Waals surface area contributed by atoms with E-state index < -0.39 is 0 Å². The average molecular weight is 297 g/mol. The van der Waals surface area contributed by atoms with E-state index in [-0.39, 0.29) is 11.9 Å². The fourth-order valence-corrected chi connectivity index (χ4v) is 2.68. The SMILES string of the molecule is O=C(/C=C/c1ccccc1)Nc1nnc(C2CCCCC2)o1. The average Bonchev–Trinajstić information content (AvgIpc) is 3.03. The Morgan fingerprint density at radius 1 is 1.14 bits per heavy atom. The second-order valence-electron chi connectivity index (χ2n) is 5.51. The lowest BCUT2D eigenvalue weighted by Crippen LogP contribution is -2.08. The summed E-state index contributed by atoms with van der Waals surface area (Å²) < 4.78 is 5.56. The molecule has 1 aliphatic rings. The molecule has 1 heterocycles. The summed E-state index contributed by atoms with van der Waals surface area (Å²) in [7, 11) is 0. The van der Waals surface area contributed by atoms with Crippen LogP contribution >= 0.6 is 0 Å². The van der Waals surface area contributed by atoms with Crippen LogP contribution in [-0.4, -0.2) is 16.1 Å². The molecule has 0 atom stereocenters. The molecule has 0 spiro atoms. The summed E-state index contributed by atoms with van der Waals surface area (Å²) in [4.78, 5) is 11.8. The van der Waals surface area contributed by atoms with Gasteiger partial charge in [-0.05, 0) is 24.5 Å². The molecule has 22 heavy (non-hydrogen) atoms. The lowest BCUT2D eigenvalue weighted by molar-refractivity contribution is -0.112. The molecule has 1 aromatic heterocycles. The van der Waals surface area contributed by atoms with Crippen molar-refractivity contribution in [2.24, 2.45) is 0 Å². The van der Waals surface area contributed by atoms with E-state index in [2.05, 4.69) is 15.5 Å². The summed E-state index contributed by atoms with van der Waals surface area (Å²) in [5.74, 6) is 0.705. The first-order chi connectivity index (χ1) is 10.8. The Morgan fingerprint density at radius 3 is 2.68 bits per heavy atom. The van der Waals surface area contributed by atoms with Crippen LogP contribution in [0.1, 0.15) is 49.5 Å². The van der Waals surface area contributed by atoms with E-state index in [4.69, 9.17) is 4.42 Å². The highest BCUT2D eigenvalue weighted by molar-refractivity contribution is 6.00. The number of anilines is 1. The third-order valence-electron chi connectivity index (χ3n) is 3.85. The fraction of sp³-hybridized carbons (Fsp3) is 0.353. The molecule has 1 fully saturated rings. The van der Waals surface area contributed by atoms with E-state index in [1.165, 1.54) is 25.3 Å². The van der Waals surface area contributed by atoms with Crippen molar-refractivity contribution in [3.05, 3.63) is 47.9 Å². The molecule has 1 saturated carbocycles. The minimum Gasteiger partial charge on any atom is -0.408 e. The second kappa shape index (κ2) is 7.02. The Balaban J connectivity index is 1.57. The van der Waals surface area contributed by atoms with Crippen molar-refractivity contribution in [1.82, 2.24) is 10.2 Å². The zero-order valence-electron chi connectivity index (χ0n) is 12.4. The summed E-state index contributed by atoms with van der Waals surface area (Å²) in [6.07, 6.45) is 9.06. The Morgan fingerprint density at radius 2 is 1.91 bits per heavy atom. The van der Waals surface area contributed by atoms with Crippen molar-refractivity contribution < 1.29 is 9.21 Å². The van der Waals surface area contributed by atoms with Crippen molar-refractivity contribution >= 4 is 18.0 Å². The Kier molecular flexibility index (Phi) is 4.63. The molecule has 1 N–H and O–H groups in total. The number of carbonyl (C=O) groups is 1. The minimum absolute atomic E-state index is 0.170. The number of carbonyl (C=O) groups excluding carboxylic acids is 1. The van der Waals surface area contributed by atoms with Gasteiger partial charge in [0.2, 0.25) is 5.89 Å². The maximum absolute atomic E-state index is 11.8. The number of hydrogen-bond acceptors (Lipinski definition) is 4. The molecule has 0 unspecified atom stereocenters. The van der Waals surface area contributed by atoms with Crippen LogP contribution in [-0.2, 0) is 4.79 Å². The van der Waals surface area contributed by atoms with Crippen LogP contribution in [0.4, 0.5) is 6.01 Å². The zero-order chi connectivity index (χ0) is 15.2. The fourth-order valence-electron chi connectivity index (χ4n) is 2.68. The van der Waals surface area contributed by atoms with E-state index in [9.17, 15) is 4.79 Å². The van der Waals surface area contributed by atoms with Crippen molar-refractivity contribution in [1.29, 1.82) is 0 Å². The molecule has 0 saturated heterocycles. The van der Waals surface area contributed by atoms with Gasteiger partial charge in [0.25, 0.3) is 5.91 Å². The molecule has 5 nitrogen and oxygen atoms in total. The van der Waals surface area contributed by atoms with Crippen LogP contribution in [0.2, 0.25) is 0 Å². The molecule has 3 rings (SSSR count). The summed E-state index contributed by atoms with van der Waals surface area (Å²) in [6, 6.07) is 9.80. The molecule has 0 bridgehead atoms. The van der Waals surface area contributed by atoms with Crippen molar-refractivity contribution in [2.45, 2.75) is 38.0 Å². The van der Waals surface area contributed by atoms with Crippen LogP contribution < -0.4 is 5.32 Å². The Labute approximate surface area is 129 Å². The van der Waals surface area contributed by atoms with Gasteiger partial charge in [0.15, 0.2) is 0 Å². The molecule has 5 heteroatoms. The van der Waals surface area contributed by atoms with Gasteiger partial charge in [0.05, 0.1) is 0 Å². The zero-order valence-corrected chi connectivity index (χ0v) is 12.4. The lowest BCUT2D eigenvalue weighted by atomic mass is 9.89. The first-order valence-corrected chi connectivity index (χ1v) is 7.69. The van der Waals surface area contributed by atoms with E-state index in [0.29, 0.717) is 11.8 Å². The maximum Gasteiger partial charge on any atom is 0.322 e. The van der Waals surface area contributed by atoms with E-state index in [0.717, 1.165) is 18.4 Å². The lowest BCUT2D eigenvalue weighted by Gasteiger charge is -2.17. The number of aromatic nitrogens is 2. The maximum atomic E-state index is 11.8. The highest BCUT2D eigenvalue weighted by atomic mass is 16.4. The van der Waals surface area contributed by atoms with Gasteiger partial charge in [0.1, 0.15) is 0 Å². The van der Waals surface area contributed by atoms with Crippen LogP contribution in [0.15, 0.2) is 40.8 Å². The van der Waals surface area contributed by atoms with Gasteiger partial charge in [-0.25, -0.2) is 0 Å². The summed E-state index contributed by atoms with van der Waals surface area (Å²) in [6.45, 7) is 0. The van der Waals surface area contributed by atoms with E-state index >= 15 is 0 Å². The first kappa shape index (κ1) is 14.5. The molecule has 1 aliphatic carbocycles. The summed E-state index contributed by atoms with van der Waals surface area (Å²) >= 11 is 0. The van der Waals surface area contributed by atoms with Gasteiger partial charge >= 0.3 is 6.01 Å². The molecule has 1 amide bonds. The number of hydrogen-bond donors (Lipinski definition) is 1. The van der Waals surface area contributed by atoms with Gasteiger partial charge in [0, 0.05) is 12.0 Å². The smallest absolute Gasteiger partial charge is 0.322 e. The number of rotatable bonds is 4. The topological polar surface area (TPSA) is 68.0 Å².